The first-order valence-electron chi connectivity index (χ1n) is 4.42. The molecule has 13 heavy (non-hydrogen) atoms. The van der Waals surface area contributed by atoms with E-state index in [1.807, 2.05) is 32.2 Å². The van der Waals surface area contributed by atoms with E-state index in [0.717, 1.165) is 12.4 Å². The fraction of sp³-hybridized carbons (Fsp3) is 0.500. The number of nitrogens with one attached hydrogen (secondary N) is 1. The Hall–Kier alpha value is -1.09. The molecule has 0 atom stereocenters. The van der Waals surface area contributed by atoms with E-state index in [9.17, 15) is 0 Å². The lowest BCUT2D eigenvalue weighted by Crippen LogP contribution is -2.12. The Morgan fingerprint density at radius 1 is 1.46 bits per heavy atom. The lowest BCUT2D eigenvalue weighted by Gasteiger charge is -2.13. The van der Waals surface area contributed by atoms with Gasteiger partial charge in [-0.25, -0.2) is 4.98 Å². The van der Waals surface area contributed by atoms with Crippen LogP contribution in [0, 0.1) is 6.92 Å². The molecule has 1 N–H and O–H groups in total. The van der Waals surface area contributed by atoms with E-state index < -0.39 is 0 Å². The molecule has 3 nitrogen and oxygen atoms in total. The first-order valence-corrected chi connectivity index (χ1v) is 4.42. The summed E-state index contributed by atoms with van der Waals surface area (Å²) in [6, 6.07) is 2.10. The number of pyridine rings is 1. The van der Waals surface area contributed by atoms with Crippen LogP contribution in [0.15, 0.2) is 12.3 Å². The van der Waals surface area contributed by atoms with E-state index in [1.54, 1.807) is 0 Å². The molecule has 0 radical (unpaired) electrons. The number of hydrogen-bond donors (Lipinski definition) is 1. The summed E-state index contributed by atoms with van der Waals surface area (Å²) in [6.07, 6.45) is 1.93. The number of anilines is 1. The lowest BCUT2D eigenvalue weighted by molar-refractivity contribution is 0.806. The molecule has 0 aromatic carbocycles. The molecule has 0 aliphatic heterocycles. The molecule has 1 aromatic rings. The molecule has 0 saturated carbocycles. The van der Waals surface area contributed by atoms with Gasteiger partial charge in [-0.05, 0) is 31.2 Å². The number of hydrogen-bond acceptors (Lipinski definition) is 3. The molecule has 0 aliphatic carbocycles. The van der Waals surface area contributed by atoms with Gasteiger partial charge in [-0.3, -0.25) is 0 Å². The van der Waals surface area contributed by atoms with Gasteiger partial charge in [-0.1, -0.05) is 0 Å². The SMILES string of the molecule is CNCc1cnc(N(C)C)cc1C. The van der Waals surface area contributed by atoms with Crippen LogP contribution in [0.2, 0.25) is 0 Å². The van der Waals surface area contributed by atoms with Crippen molar-refractivity contribution in [1.29, 1.82) is 0 Å². The van der Waals surface area contributed by atoms with E-state index in [4.69, 9.17) is 0 Å². The van der Waals surface area contributed by atoms with Crippen molar-refractivity contribution in [3.63, 3.8) is 0 Å². The first kappa shape index (κ1) is 9.99. The van der Waals surface area contributed by atoms with Crippen LogP contribution in [0.1, 0.15) is 11.1 Å². The zero-order valence-electron chi connectivity index (χ0n) is 8.76. The lowest BCUT2D eigenvalue weighted by atomic mass is 10.1. The van der Waals surface area contributed by atoms with Crippen LogP contribution in [0.25, 0.3) is 0 Å². The quantitative estimate of drug-likeness (QED) is 0.755. The maximum absolute atomic E-state index is 4.34. The summed E-state index contributed by atoms with van der Waals surface area (Å²) in [6.45, 7) is 2.99. The van der Waals surface area contributed by atoms with Crippen molar-refractivity contribution in [2.24, 2.45) is 0 Å². The summed E-state index contributed by atoms with van der Waals surface area (Å²) in [7, 11) is 5.94. The van der Waals surface area contributed by atoms with Crippen LogP contribution in [-0.4, -0.2) is 26.1 Å². The van der Waals surface area contributed by atoms with Gasteiger partial charge in [0.05, 0.1) is 0 Å². The second-order valence-corrected chi connectivity index (χ2v) is 3.39. The van der Waals surface area contributed by atoms with E-state index in [-0.39, 0.29) is 0 Å². The normalized spacial score (nSPS) is 10.2. The highest BCUT2D eigenvalue weighted by Crippen LogP contribution is 2.13. The Bertz CT molecular complexity index is 281. The summed E-state index contributed by atoms with van der Waals surface area (Å²) in [5.74, 6) is 1.01. The van der Waals surface area contributed by atoms with E-state index in [1.165, 1.54) is 11.1 Å². The second-order valence-electron chi connectivity index (χ2n) is 3.39. The summed E-state index contributed by atoms with van der Waals surface area (Å²) >= 11 is 0. The molecular weight excluding hydrogens is 162 g/mol. The highest BCUT2D eigenvalue weighted by atomic mass is 15.1. The van der Waals surface area contributed by atoms with Gasteiger partial charge in [0.15, 0.2) is 0 Å². The average Bonchev–Trinajstić information content (AvgIpc) is 2.08. The Morgan fingerprint density at radius 2 is 2.15 bits per heavy atom. The zero-order chi connectivity index (χ0) is 9.84. The second kappa shape index (κ2) is 4.23. The number of rotatable bonds is 3. The van der Waals surface area contributed by atoms with Crippen molar-refractivity contribution in [3.05, 3.63) is 23.4 Å². The minimum Gasteiger partial charge on any atom is -0.363 e. The maximum Gasteiger partial charge on any atom is 0.128 e. The van der Waals surface area contributed by atoms with Gasteiger partial charge in [0, 0.05) is 26.8 Å². The average molecular weight is 179 g/mol. The van der Waals surface area contributed by atoms with Crippen LogP contribution in [0.3, 0.4) is 0 Å². The fourth-order valence-electron chi connectivity index (χ4n) is 1.19. The zero-order valence-corrected chi connectivity index (χ0v) is 8.76. The maximum atomic E-state index is 4.34. The third-order valence-electron chi connectivity index (χ3n) is 2.03. The van der Waals surface area contributed by atoms with Crippen molar-refractivity contribution < 1.29 is 0 Å². The molecule has 0 bridgehead atoms. The Morgan fingerprint density at radius 3 is 2.62 bits per heavy atom. The van der Waals surface area contributed by atoms with Crippen LogP contribution < -0.4 is 10.2 Å². The Labute approximate surface area is 79.8 Å². The van der Waals surface area contributed by atoms with Gasteiger partial charge < -0.3 is 10.2 Å². The summed E-state index contributed by atoms with van der Waals surface area (Å²) in [5.41, 5.74) is 2.54. The van der Waals surface area contributed by atoms with Crippen LogP contribution in [-0.2, 0) is 6.54 Å². The third kappa shape index (κ3) is 2.42. The first-order chi connectivity index (χ1) is 6.15. The van der Waals surface area contributed by atoms with Crippen molar-refractivity contribution >= 4 is 5.82 Å². The highest BCUT2D eigenvalue weighted by molar-refractivity contribution is 5.41. The molecule has 1 heterocycles. The predicted molar refractivity (Wildman–Crippen MR) is 56.1 cm³/mol. The Kier molecular flexibility index (Phi) is 3.25. The standard InChI is InChI=1S/C10H17N3/c1-8-5-10(13(3)4)12-7-9(8)6-11-2/h5,7,11H,6H2,1-4H3. The molecule has 0 amide bonds. The summed E-state index contributed by atoms with van der Waals surface area (Å²) in [5, 5.41) is 3.12. The van der Waals surface area contributed by atoms with E-state index in [2.05, 4.69) is 23.3 Å². The van der Waals surface area contributed by atoms with Crippen molar-refractivity contribution in [2.45, 2.75) is 13.5 Å². The monoisotopic (exact) mass is 179 g/mol. The number of nitrogens with zero attached hydrogens (tertiary/aromatic N) is 2. The minimum absolute atomic E-state index is 0.881. The number of aryl methyl sites for hydroxylation is 1. The van der Waals surface area contributed by atoms with Crippen LogP contribution in [0.4, 0.5) is 5.82 Å². The molecule has 0 spiro atoms. The molecule has 0 saturated heterocycles. The van der Waals surface area contributed by atoms with E-state index in [0.29, 0.717) is 0 Å². The Balaban J connectivity index is 2.92. The molecule has 0 aliphatic rings. The van der Waals surface area contributed by atoms with Gasteiger partial charge >= 0.3 is 0 Å². The number of aromatic nitrogens is 1. The molecule has 0 fully saturated rings. The van der Waals surface area contributed by atoms with E-state index >= 15 is 0 Å². The van der Waals surface area contributed by atoms with Crippen LogP contribution >= 0.6 is 0 Å². The molecular formula is C10H17N3. The highest BCUT2D eigenvalue weighted by Gasteiger charge is 2.01. The van der Waals surface area contributed by atoms with Gasteiger partial charge in [-0.15, -0.1) is 0 Å². The summed E-state index contributed by atoms with van der Waals surface area (Å²) in [4.78, 5) is 6.35. The molecule has 1 rings (SSSR count). The third-order valence-corrected chi connectivity index (χ3v) is 2.03. The fourth-order valence-corrected chi connectivity index (χ4v) is 1.19. The molecule has 3 heteroatoms. The van der Waals surface area contributed by atoms with Crippen molar-refractivity contribution in [1.82, 2.24) is 10.3 Å². The predicted octanol–water partition coefficient (Wildman–Crippen LogP) is 1.18. The largest absolute Gasteiger partial charge is 0.363 e. The summed E-state index contributed by atoms with van der Waals surface area (Å²) < 4.78 is 0. The van der Waals surface area contributed by atoms with Crippen LogP contribution in [0.5, 0.6) is 0 Å². The molecule has 72 valence electrons. The minimum atomic E-state index is 0.881. The van der Waals surface area contributed by atoms with Crippen molar-refractivity contribution in [3.8, 4) is 0 Å². The van der Waals surface area contributed by atoms with Crippen molar-refractivity contribution in [2.75, 3.05) is 26.0 Å². The smallest absolute Gasteiger partial charge is 0.128 e. The molecule has 1 aromatic heterocycles. The topological polar surface area (TPSA) is 28.2 Å². The van der Waals surface area contributed by atoms with Gasteiger partial charge in [-0.2, -0.15) is 0 Å². The van der Waals surface area contributed by atoms with Gasteiger partial charge in [0.1, 0.15) is 5.82 Å². The van der Waals surface area contributed by atoms with Gasteiger partial charge in [0.25, 0.3) is 0 Å². The van der Waals surface area contributed by atoms with Gasteiger partial charge in [0.2, 0.25) is 0 Å². The molecule has 0 unspecified atom stereocenters.